The molecular formula is C16H17N7OS. The van der Waals surface area contributed by atoms with Crippen LogP contribution in [0.4, 0.5) is 5.82 Å². The topological polar surface area (TPSA) is 92.6 Å². The number of H-pyrrole nitrogens is 1. The van der Waals surface area contributed by atoms with Crippen molar-refractivity contribution in [3.05, 3.63) is 40.3 Å². The van der Waals surface area contributed by atoms with E-state index in [4.69, 9.17) is 0 Å². The van der Waals surface area contributed by atoms with Crippen molar-refractivity contribution in [1.82, 2.24) is 29.7 Å². The molecule has 1 saturated heterocycles. The molecule has 25 heavy (non-hydrogen) atoms. The van der Waals surface area contributed by atoms with Crippen molar-refractivity contribution in [3.8, 4) is 0 Å². The molecule has 9 heteroatoms. The Morgan fingerprint density at radius 3 is 3.12 bits per heavy atom. The fourth-order valence-corrected chi connectivity index (χ4v) is 4.43. The van der Waals surface area contributed by atoms with Gasteiger partial charge in [0.05, 0.1) is 18.6 Å². The normalized spacial score (nSPS) is 17.5. The van der Waals surface area contributed by atoms with Crippen molar-refractivity contribution in [3.63, 3.8) is 0 Å². The number of fused-ring (bicyclic) bond motifs is 2. The summed E-state index contributed by atoms with van der Waals surface area (Å²) in [7, 11) is 0. The first kappa shape index (κ1) is 14.9. The molecule has 0 atom stereocenters. The molecule has 2 aliphatic heterocycles. The van der Waals surface area contributed by atoms with Gasteiger partial charge in [-0.05, 0) is 11.3 Å². The van der Waals surface area contributed by atoms with E-state index in [1.54, 1.807) is 23.4 Å². The summed E-state index contributed by atoms with van der Waals surface area (Å²) in [5, 5.41) is 4.60. The molecular weight excluding hydrogens is 338 g/mol. The molecule has 5 rings (SSSR count). The maximum absolute atomic E-state index is 12.3. The van der Waals surface area contributed by atoms with E-state index in [-0.39, 0.29) is 5.56 Å². The number of nitrogens with one attached hydrogen (secondary N) is 1. The predicted octanol–water partition coefficient (Wildman–Crippen LogP) is 0.835. The van der Waals surface area contributed by atoms with Gasteiger partial charge in [-0.2, -0.15) is 16.9 Å². The van der Waals surface area contributed by atoms with Crippen LogP contribution >= 0.6 is 11.8 Å². The van der Waals surface area contributed by atoms with E-state index < -0.39 is 0 Å². The van der Waals surface area contributed by atoms with Crippen LogP contribution in [0.2, 0.25) is 0 Å². The maximum atomic E-state index is 12.3. The average Bonchev–Trinajstić information content (AvgIpc) is 3.07. The highest BCUT2D eigenvalue weighted by Crippen LogP contribution is 2.28. The molecule has 0 aromatic carbocycles. The minimum Gasteiger partial charge on any atom is -0.354 e. The Hall–Kier alpha value is -2.42. The van der Waals surface area contributed by atoms with Crippen LogP contribution in [-0.4, -0.2) is 48.6 Å². The number of aromatic amines is 1. The van der Waals surface area contributed by atoms with E-state index in [2.05, 4.69) is 29.9 Å². The van der Waals surface area contributed by atoms with Gasteiger partial charge in [0.1, 0.15) is 11.8 Å². The Morgan fingerprint density at radius 2 is 2.20 bits per heavy atom. The standard InChI is InChI=1S/C16H17N7OS/c24-13-3-11-7-25-2-1-12(11)21-23(13)6-10-4-22(5-10)16-14-15(18-8-17-14)19-9-20-16/h3,8-10H,1-2,4-7H2,(H,17,18,19,20). The number of hydrogen-bond acceptors (Lipinski definition) is 7. The van der Waals surface area contributed by atoms with Crippen LogP contribution in [0.5, 0.6) is 0 Å². The Bertz CT molecular complexity index is 992. The molecule has 0 unspecified atom stereocenters. The van der Waals surface area contributed by atoms with Gasteiger partial charge in [0.2, 0.25) is 0 Å². The third kappa shape index (κ3) is 2.58. The summed E-state index contributed by atoms with van der Waals surface area (Å²) in [6.07, 6.45) is 4.13. The van der Waals surface area contributed by atoms with Crippen LogP contribution < -0.4 is 10.5 Å². The zero-order chi connectivity index (χ0) is 16.8. The first-order valence-corrected chi connectivity index (χ1v) is 9.50. The van der Waals surface area contributed by atoms with E-state index in [0.29, 0.717) is 18.1 Å². The minimum atomic E-state index is 0.0118. The van der Waals surface area contributed by atoms with Gasteiger partial charge in [0.15, 0.2) is 11.5 Å². The van der Waals surface area contributed by atoms with Crippen molar-refractivity contribution in [2.75, 3.05) is 23.7 Å². The van der Waals surface area contributed by atoms with Crippen LogP contribution in [0.3, 0.4) is 0 Å². The Morgan fingerprint density at radius 1 is 1.28 bits per heavy atom. The molecule has 3 aromatic heterocycles. The van der Waals surface area contributed by atoms with Gasteiger partial charge in [0, 0.05) is 37.2 Å². The Kier molecular flexibility index (Phi) is 3.47. The molecule has 0 radical (unpaired) electrons. The zero-order valence-electron chi connectivity index (χ0n) is 13.6. The molecule has 5 heterocycles. The number of aromatic nitrogens is 6. The molecule has 8 nitrogen and oxygen atoms in total. The summed E-state index contributed by atoms with van der Waals surface area (Å²) in [5.41, 5.74) is 3.75. The second kappa shape index (κ2) is 5.83. The van der Waals surface area contributed by atoms with Gasteiger partial charge >= 0.3 is 0 Å². The van der Waals surface area contributed by atoms with Gasteiger partial charge in [0.25, 0.3) is 5.56 Å². The monoisotopic (exact) mass is 355 g/mol. The summed E-state index contributed by atoms with van der Waals surface area (Å²) in [5.74, 6) is 3.27. The van der Waals surface area contributed by atoms with Crippen LogP contribution in [0.1, 0.15) is 11.3 Å². The van der Waals surface area contributed by atoms with Crippen LogP contribution in [-0.2, 0) is 18.7 Å². The number of anilines is 1. The lowest BCUT2D eigenvalue weighted by Crippen LogP contribution is -2.50. The second-order valence-electron chi connectivity index (χ2n) is 6.51. The molecule has 128 valence electrons. The molecule has 2 aliphatic rings. The first-order chi connectivity index (χ1) is 12.3. The van der Waals surface area contributed by atoms with E-state index in [9.17, 15) is 4.79 Å². The van der Waals surface area contributed by atoms with Gasteiger partial charge < -0.3 is 9.88 Å². The lowest BCUT2D eigenvalue weighted by Gasteiger charge is -2.40. The smallest absolute Gasteiger partial charge is 0.267 e. The SMILES string of the molecule is O=c1cc2c(nn1CC1CN(c3ncnc4nc[nH]c34)C1)CCSC2. The second-order valence-corrected chi connectivity index (χ2v) is 7.61. The third-order valence-electron chi connectivity index (χ3n) is 4.80. The molecule has 0 bridgehead atoms. The lowest BCUT2D eigenvalue weighted by molar-refractivity contribution is 0.331. The summed E-state index contributed by atoms with van der Waals surface area (Å²) < 4.78 is 1.64. The summed E-state index contributed by atoms with van der Waals surface area (Å²) in [6.45, 7) is 2.37. The van der Waals surface area contributed by atoms with Crippen LogP contribution in [0, 0.1) is 5.92 Å². The Labute approximate surface area is 147 Å². The third-order valence-corrected chi connectivity index (χ3v) is 5.80. The quantitative estimate of drug-likeness (QED) is 0.744. The Balaban J connectivity index is 1.32. The largest absolute Gasteiger partial charge is 0.354 e. The van der Waals surface area contributed by atoms with Crippen molar-refractivity contribution in [1.29, 1.82) is 0 Å². The molecule has 3 aromatic rings. The highest BCUT2D eigenvalue weighted by atomic mass is 32.2. The number of nitrogens with zero attached hydrogens (tertiary/aromatic N) is 6. The fourth-order valence-electron chi connectivity index (χ4n) is 3.48. The van der Waals surface area contributed by atoms with Gasteiger partial charge in [-0.15, -0.1) is 0 Å². The van der Waals surface area contributed by atoms with Gasteiger partial charge in [-0.1, -0.05) is 0 Å². The van der Waals surface area contributed by atoms with E-state index in [1.165, 1.54) is 0 Å². The number of imidazole rings is 1. The average molecular weight is 355 g/mol. The van der Waals surface area contributed by atoms with E-state index in [0.717, 1.165) is 53.6 Å². The summed E-state index contributed by atoms with van der Waals surface area (Å²) in [6, 6.07) is 1.77. The van der Waals surface area contributed by atoms with Crippen molar-refractivity contribution in [2.24, 2.45) is 5.92 Å². The maximum Gasteiger partial charge on any atom is 0.267 e. The molecule has 1 N–H and O–H groups in total. The molecule has 0 amide bonds. The van der Waals surface area contributed by atoms with Crippen molar-refractivity contribution < 1.29 is 0 Å². The summed E-state index contributed by atoms with van der Waals surface area (Å²) >= 11 is 1.87. The van der Waals surface area contributed by atoms with E-state index >= 15 is 0 Å². The highest BCUT2D eigenvalue weighted by molar-refractivity contribution is 7.98. The van der Waals surface area contributed by atoms with Crippen LogP contribution in [0.15, 0.2) is 23.5 Å². The minimum absolute atomic E-state index is 0.0118. The summed E-state index contributed by atoms with van der Waals surface area (Å²) in [4.78, 5) is 30.3. The van der Waals surface area contributed by atoms with Crippen molar-refractivity contribution >= 4 is 28.7 Å². The number of thioether (sulfide) groups is 1. The number of aryl methyl sites for hydroxylation is 1. The molecule has 0 saturated carbocycles. The lowest BCUT2D eigenvalue weighted by atomic mass is 10.00. The highest BCUT2D eigenvalue weighted by Gasteiger charge is 2.30. The zero-order valence-corrected chi connectivity index (χ0v) is 14.4. The van der Waals surface area contributed by atoms with E-state index in [1.807, 2.05) is 11.8 Å². The molecule has 0 spiro atoms. The van der Waals surface area contributed by atoms with Gasteiger partial charge in [-0.25, -0.2) is 19.6 Å². The number of hydrogen-bond donors (Lipinski definition) is 1. The molecule has 0 aliphatic carbocycles. The fraction of sp³-hybridized carbons (Fsp3) is 0.438. The van der Waals surface area contributed by atoms with Crippen LogP contribution in [0.25, 0.3) is 11.2 Å². The predicted molar refractivity (Wildman–Crippen MR) is 95.7 cm³/mol. The van der Waals surface area contributed by atoms with Gasteiger partial charge in [-0.3, -0.25) is 4.79 Å². The molecule has 1 fully saturated rings. The first-order valence-electron chi connectivity index (χ1n) is 8.34. The number of rotatable bonds is 3. The van der Waals surface area contributed by atoms with Crippen molar-refractivity contribution in [2.45, 2.75) is 18.7 Å².